The second-order valence-corrected chi connectivity index (χ2v) is 2.34. The maximum atomic E-state index is 10.4. The van der Waals surface area contributed by atoms with Crippen LogP contribution in [0.3, 0.4) is 0 Å². The van der Waals surface area contributed by atoms with Crippen LogP contribution >= 0.6 is 0 Å². The van der Waals surface area contributed by atoms with Gasteiger partial charge in [-0.2, -0.15) is 0 Å². The molecule has 0 aromatic heterocycles. The number of rotatable bonds is 2. The number of Topliss-reactive ketones (excluding diaryl/α,β-unsaturated/α-hetero) is 1. The van der Waals surface area contributed by atoms with Crippen molar-refractivity contribution in [1.82, 2.24) is 0 Å². The predicted molar refractivity (Wildman–Crippen MR) is 66.9 cm³/mol. The molecule has 0 saturated heterocycles. The Labute approximate surface area is 156 Å². The van der Waals surface area contributed by atoms with Gasteiger partial charge in [0.2, 0.25) is 0 Å². The Morgan fingerprint density at radius 2 is 1.21 bits per heavy atom. The Morgan fingerprint density at radius 1 is 1.00 bits per heavy atom. The summed E-state index contributed by atoms with van der Waals surface area (Å²) in [5.41, 5.74) is 6.49. The molecule has 0 bridgehead atoms. The maximum absolute atomic E-state index is 10.4. The van der Waals surface area contributed by atoms with Crippen molar-refractivity contribution in [2.24, 2.45) is 0 Å². The Bertz CT molecular complexity index is 233. The summed E-state index contributed by atoms with van der Waals surface area (Å²) in [6.07, 6.45) is 0. The first-order chi connectivity index (χ1) is 5.82. The van der Waals surface area contributed by atoms with Gasteiger partial charge in [0.15, 0.2) is 5.78 Å². The zero-order valence-electron chi connectivity index (χ0n) is 10.5. The summed E-state index contributed by atoms with van der Waals surface area (Å²) in [4.78, 5) is 19.5. The van der Waals surface area contributed by atoms with E-state index in [1.54, 1.807) is 6.92 Å². The van der Waals surface area contributed by atoms with Gasteiger partial charge in [-0.3, -0.25) is 9.59 Å². The molecule has 0 spiro atoms. The average molecular weight is 812 g/mol. The smallest absolute Gasteiger partial charge is 0.282 e. The van der Waals surface area contributed by atoms with Crippen molar-refractivity contribution in [2.45, 2.75) is 28.2 Å². The van der Waals surface area contributed by atoms with Gasteiger partial charge in [-0.15, -0.1) is 0 Å². The van der Waals surface area contributed by atoms with E-state index in [0.717, 1.165) is 0 Å². The van der Waals surface area contributed by atoms with Gasteiger partial charge in [-0.05, 0) is 20.8 Å². The standard InChI is InChI=1S/C6H10O2.C2H4NO2.CH4.CH3.3Ir.H2N/c1-4(5(2)7)6(3)8;3-1-2(4)5;;;;;;/h7H,1-3H3;3H,1H2,(H,4,5);1H4;1H3;;;;1H2/q;-1;;-1;;;;-1. The molecule has 3 radical (unpaired) electrons. The van der Waals surface area contributed by atoms with Crippen molar-refractivity contribution in [3.63, 3.8) is 0 Å². The van der Waals surface area contributed by atoms with E-state index in [9.17, 15) is 9.59 Å². The second-order valence-electron chi connectivity index (χ2n) is 2.34. The van der Waals surface area contributed by atoms with E-state index in [1.807, 2.05) is 0 Å². The molecule has 0 aliphatic rings. The quantitative estimate of drug-likeness (QED) is 0.252. The third-order valence-corrected chi connectivity index (χ3v) is 1.22. The Hall–Kier alpha value is 0.548. The molecule has 0 aromatic carbocycles. The Kier molecular flexibility index (Phi) is 82.6. The normalized spacial score (nSPS) is 7.37. The second kappa shape index (κ2) is 31.1. The number of aliphatic carboxylic acids is 1. The van der Waals surface area contributed by atoms with Gasteiger partial charge in [0.25, 0.3) is 5.97 Å². The molecular weight excluding hydrogens is 789 g/mol. The summed E-state index contributed by atoms with van der Waals surface area (Å²) >= 11 is 0. The van der Waals surface area contributed by atoms with E-state index < -0.39 is 12.5 Å². The van der Waals surface area contributed by atoms with Gasteiger partial charge >= 0.3 is 0 Å². The third kappa shape index (κ3) is 45.7. The molecule has 0 saturated carbocycles. The fourth-order valence-corrected chi connectivity index (χ4v) is 0.255. The zero-order chi connectivity index (χ0) is 11.0. The van der Waals surface area contributed by atoms with Crippen LogP contribution in [-0.4, -0.2) is 28.5 Å². The van der Waals surface area contributed by atoms with Crippen LogP contribution in [0.25, 0.3) is 11.9 Å². The molecule has 0 fully saturated rings. The maximum Gasteiger partial charge on any atom is 0.282 e. The number of aliphatic hydroxyl groups is 1. The van der Waals surface area contributed by atoms with Crippen LogP contribution in [-0.2, 0) is 69.9 Å². The molecule has 0 aliphatic carbocycles. The van der Waals surface area contributed by atoms with E-state index in [-0.39, 0.29) is 92.9 Å². The average Bonchev–Trinajstić information content (AvgIpc) is 2.03. The van der Waals surface area contributed by atoms with Crippen LogP contribution in [0, 0.1) is 7.43 Å². The van der Waals surface area contributed by atoms with Gasteiger partial charge in [0, 0.05) is 65.9 Å². The SMILES string of the molecule is C.CC(=O)C(C)=C(C)O.[CH3-].[Ir].[Ir].[Ir].[NH-]CC(=O)O.[NH2-]. The fourth-order valence-electron chi connectivity index (χ4n) is 0.255. The number of hydrogen-bond acceptors (Lipinski definition) is 3. The largest absolute Gasteiger partial charge is 0.693 e. The molecule has 5 N–H and O–H groups in total. The predicted octanol–water partition coefficient (Wildman–Crippen LogP) is 3.35. The van der Waals surface area contributed by atoms with Crippen molar-refractivity contribution in [3.05, 3.63) is 30.6 Å². The molecular formula is C10H23Ir3N2O4-3. The number of carbonyl (C=O) groups is 2. The summed E-state index contributed by atoms with van der Waals surface area (Å²) in [5.74, 6) is -1.05. The first kappa shape index (κ1) is 50.4. The zero-order valence-corrected chi connectivity index (χ0v) is 17.7. The van der Waals surface area contributed by atoms with Crippen molar-refractivity contribution in [3.8, 4) is 0 Å². The van der Waals surface area contributed by atoms with Gasteiger partial charge in [-0.1, -0.05) is 14.0 Å². The third-order valence-electron chi connectivity index (χ3n) is 1.22. The van der Waals surface area contributed by atoms with Crippen molar-refractivity contribution in [2.75, 3.05) is 6.54 Å². The molecule has 9 heteroatoms. The number of nitrogens with two attached hydrogens (primary N) is 1. The molecule has 0 atom stereocenters. The number of hydrogen-bond donors (Lipinski definition) is 2. The van der Waals surface area contributed by atoms with Crippen molar-refractivity contribution < 1.29 is 80.1 Å². The Balaban J connectivity index is -0.0000000169. The van der Waals surface area contributed by atoms with E-state index in [2.05, 4.69) is 0 Å². The molecule has 0 unspecified atom stereocenters. The summed E-state index contributed by atoms with van der Waals surface area (Å²) in [6, 6.07) is 0. The number of nitrogens with one attached hydrogen (secondary N) is 1. The number of allylic oxidation sites excluding steroid dienone is 2. The minimum Gasteiger partial charge on any atom is -0.693 e. The van der Waals surface area contributed by atoms with Gasteiger partial charge in [0.05, 0.1) is 5.76 Å². The molecule has 0 heterocycles. The van der Waals surface area contributed by atoms with Crippen LogP contribution < -0.4 is 0 Å². The number of aliphatic hydroxyl groups excluding tert-OH is 1. The number of carbonyl (C=O) groups excluding carboxylic acids is 1. The van der Waals surface area contributed by atoms with Crippen LogP contribution in [0.5, 0.6) is 0 Å². The van der Waals surface area contributed by atoms with Crippen LogP contribution in [0.4, 0.5) is 0 Å². The van der Waals surface area contributed by atoms with E-state index in [1.165, 1.54) is 13.8 Å². The fraction of sp³-hybridized carbons (Fsp3) is 0.500. The minimum absolute atomic E-state index is 0. The molecule has 0 aliphatic heterocycles. The van der Waals surface area contributed by atoms with Crippen LogP contribution in [0.1, 0.15) is 28.2 Å². The van der Waals surface area contributed by atoms with Gasteiger partial charge in [-0.25, -0.2) is 0 Å². The Morgan fingerprint density at radius 3 is 1.21 bits per heavy atom. The van der Waals surface area contributed by atoms with E-state index >= 15 is 0 Å². The molecule has 127 valence electrons. The van der Waals surface area contributed by atoms with E-state index in [4.69, 9.17) is 15.9 Å². The number of ketones is 1. The van der Waals surface area contributed by atoms with E-state index in [0.29, 0.717) is 5.57 Å². The topological polar surface area (TPSA) is 132 Å². The monoisotopic (exact) mass is 814 g/mol. The van der Waals surface area contributed by atoms with Crippen molar-refractivity contribution in [1.29, 1.82) is 0 Å². The summed E-state index contributed by atoms with van der Waals surface area (Å²) < 4.78 is 0. The molecule has 0 amide bonds. The first-order valence-corrected chi connectivity index (χ1v) is 3.56. The summed E-state index contributed by atoms with van der Waals surface area (Å²) in [5, 5.41) is 16.2. The van der Waals surface area contributed by atoms with Gasteiger partial charge in [0.1, 0.15) is 0 Å². The molecule has 0 rings (SSSR count). The number of carboxylic acid groups (broad SMARTS) is 1. The van der Waals surface area contributed by atoms with Crippen molar-refractivity contribution >= 4 is 11.8 Å². The first-order valence-electron chi connectivity index (χ1n) is 3.56. The molecule has 6 nitrogen and oxygen atoms in total. The summed E-state index contributed by atoms with van der Waals surface area (Å²) in [6.45, 7) is 3.99. The molecule has 19 heavy (non-hydrogen) atoms. The minimum atomic E-state index is -1.08. The number of carboxylic acids is 1. The van der Waals surface area contributed by atoms with Gasteiger partial charge < -0.3 is 29.5 Å². The van der Waals surface area contributed by atoms with Crippen LogP contribution in [0.2, 0.25) is 0 Å². The van der Waals surface area contributed by atoms with Crippen LogP contribution in [0.15, 0.2) is 11.3 Å². The molecule has 0 aromatic rings. The summed E-state index contributed by atoms with van der Waals surface area (Å²) in [7, 11) is 0.